The minimum Gasteiger partial charge on any atom is -0.329 e. The molecule has 1 aromatic heterocycles. The molecule has 0 unspecified atom stereocenters. The van der Waals surface area contributed by atoms with Crippen molar-refractivity contribution in [1.82, 2.24) is 15.2 Å². The van der Waals surface area contributed by atoms with Gasteiger partial charge >= 0.3 is 0 Å². The van der Waals surface area contributed by atoms with Gasteiger partial charge in [-0.25, -0.2) is 5.84 Å². The van der Waals surface area contributed by atoms with E-state index in [0.29, 0.717) is 5.11 Å². The summed E-state index contributed by atoms with van der Waals surface area (Å²) in [6, 6.07) is 0. The Morgan fingerprint density at radius 2 is 2.42 bits per heavy atom. The Labute approximate surface area is 75.9 Å². The molecule has 4 N–H and O–H groups in total. The van der Waals surface area contributed by atoms with Crippen LogP contribution in [-0.4, -0.2) is 14.9 Å². The Bertz CT molecular complexity index is 292. The molecule has 1 heterocycles. The summed E-state index contributed by atoms with van der Waals surface area (Å²) in [5.74, 6) is 5.10. The Balaban J connectivity index is 2.75. The number of hydrogen-bond donors (Lipinski definition) is 3. The third-order valence-electron chi connectivity index (χ3n) is 1.39. The van der Waals surface area contributed by atoms with E-state index < -0.39 is 0 Å². The van der Waals surface area contributed by atoms with Crippen LogP contribution < -0.4 is 16.6 Å². The quantitative estimate of drug-likeness (QED) is 0.323. The van der Waals surface area contributed by atoms with E-state index in [0.717, 1.165) is 11.4 Å². The molecule has 0 saturated carbocycles. The maximum Gasteiger partial charge on any atom is 0.185 e. The lowest BCUT2D eigenvalue weighted by Gasteiger charge is -2.03. The number of anilines is 1. The first-order chi connectivity index (χ1) is 5.63. The molecule has 0 aliphatic carbocycles. The lowest BCUT2D eigenvalue weighted by Crippen LogP contribution is -2.34. The number of nitrogens with one attached hydrogen (secondary N) is 2. The highest BCUT2D eigenvalue weighted by molar-refractivity contribution is 7.80. The molecule has 5 nitrogen and oxygen atoms in total. The van der Waals surface area contributed by atoms with Crippen LogP contribution in [0, 0.1) is 6.92 Å². The summed E-state index contributed by atoms with van der Waals surface area (Å²) >= 11 is 4.82. The van der Waals surface area contributed by atoms with E-state index in [9.17, 15) is 0 Å². The zero-order valence-corrected chi connectivity index (χ0v) is 7.77. The van der Waals surface area contributed by atoms with E-state index >= 15 is 0 Å². The highest BCUT2D eigenvalue weighted by Gasteiger charge is 2.02. The molecule has 0 radical (unpaired) electrons. The smallest absolute Gasteiger partial charge is 0.185 e. The maximum absolute atomic E-state index is 5.10. The normalized spacial score (nSPS) is 9.58. The van der Waals surface area contributed by atoms with Crippen molar-refractivity contribution in [3.63, 3.8) is 0 Å². The molecule has 6 heteroatoms. The standard InChI is InChI=1S/C6H11N5S/c1-4-5(3-11(2)10-4)8-6(12)9-7/h3H,7H2,1-2H3,(H2,8,9,12). The number of nitrogens with zero attached hydrogens (tertiary/aromatic N) is 2. The van der Waals surface area contributed by atoms with Crippen LogP contribution in [0.15, 0.2) is 6.20 Å². The van der Waals surface area contributed by atoms with Gasteiger partial charge in [0.15, 0.2) is 5.11 Å². The molecule has 0 bridgehead atoms. The topological polar surface area (TPSA) is 67.9 Å². The lowest BCUT2D eigenvalue weighted by molar-refractivity contribution is 0.756. The molecule has 1 rings (SSSR count). The average molecular weight is 185 g/mol. The van der Waals surface area contributed by atoms with Gasteiger partial charge in [0.25, 0.3) is 0 Å². The number of nitrogens with two attached hydrogens (primary N) is 1. The predicted molar refractivity (Wildman–Crippen MR) is 51.5 cm³/mol. The highest BCUT2D eigenvalue weighted by Crippen LogP contribution is 2.10. The summed E-state index contributed by atoms with van der Waals surface area (Å²) in [4.78, 5) is 0. The highest BCUT2D eigenvalue weighted by atomic mass is 32.1. The number of thiocarbonyl (C=S) groups is 1. The van der Waals surface area contributed by atoms with E-state index in [1.165, 1.54) is 0 Å². The van der Waals surface area contributed by atoms with Gasteiger partial charge in [-0.1, -0.05) is 0 Å². The van der Waals surface area contributed by atoms with Gasteiger partial charge in [-0.05, 0) is 19.1 Å². The Hall–Kier alpha value is -1.14. The largest absolute Gasteiger partial charge is 0.329 e. The predicted octanol–water partition coefficient (Wildman–Crippen LogP) is -0.111. The summed E-state index contributed by atoms with van der Waals surface area (Å²) < 4.78 is 1.71. The van der Waals surface area contributed by atoms with Crippen molar-refractivity contribution >= 4 is 23.0 Å². The minimum atomic E-state index is 0.381. The van der Waals surface area contributed by atoms with Gasteiger partial charge in [0.1, 0.15) is 0 Å². The SMILES string of the molecule is Cc1nn(C)cc1NC(=S)NN. The number of aromatic nitrogens is 2. The Kier molecular flexibility index (Phi) is 2.61. The minimum absolute atomic E-state index is 0.381. The van der Waals surface area contributed by atoms with Crippen molar-refractivity contribution in [1.29, 1.82) is 0 Å². The van der Waals surface area contributed by atoms with Crippen molar-refractivity contribution in [2.45, 2.75) is 6.92 Å². The zero-order chi connectivity index (χ0) is 9.14. The molecule has 0 aliphatic heterocycles. The summed E-state index contributed by atoms with van der Waals surface area (Å²) in [5, 5.41) is 7.40. The fraction of sp³-hybridized carbons (Fsp3) is 0.333. The second-order valence-electron chi connectivity index (χ2n) is 2.40. The van der Waals surface area contributed by atoms with Gasteiger partial charge in [0, 0.05) is 13.2 Å². The van der Waals surface area contributed by atoms with Gasteiger partial charge in [0.05, 0.1) is 11.4 Å². The summed E-state index contributed by atoms with van der Waals surface area (Å²) in [6.07, 6.45) is 1.83. The second-order valence-corrected chi connectivity index (χ2v) is 2.81. The zero-order valence-electron chi connectivity index (χ0n) is 6.96. The molecule has 12 heavy (non-hydrogen) atoms. The number of hydrazine groups is 1. The monoisotopic (exact) mass is 185 g/mol. The number of rotatable bonds is 1. The van der Waals surface area contributed by atoms with Gasteiger partial charge in [-0.3, -0.25) is 4.68 Å². The van der Waals surface area contributed by atoms with Crippen LogP contribution >= 0.6 is 12.2 Å². The number of aryl methyl sites for hydroxylation is 2. The van der Waals surface area contributed by atoms with Crippen LogP contribution in [0.1, 0.15) is 5.69 Å². The fourth-order valence-corrected chi connectivity index (χ4v) is 0.991. The molecule has 0 aliphatic rings. The Morgan fingerprint density at radius 1 is 1.75 bits per heavy atom. The molecule has 66 valence electrons. The third kappa shape index (κ3) is 1.93. The van der Waals surface area contributed by atoms with Gasteiger partial charge in [-0.2, -0.15) is 5.10 Å². The van der Waals surface area contributed by atoms with Crippen molar-refractivity contribution in [3.05, 3.63) is 11.9 Å². The molecule has 0 aromatic carbocycles. The molecule has 1 aromatic rings. The molecule has 0 amide bonds. The number of hydrogen-bond acceptors (Lipinski definition) is 3. The molecule has 0 fully saturated rings. The van der Waals surface area contributed by atoms with Crippen LogP contribution in [0.4, 0.5) is 5.69 Å². The molecule has 0 atom stereocenters. The first-order valence-electron chi connectivity index (χ1n) is 3.41. The molecule has 0 saturated heterocycles. The lowest BCUT2D eigenvalue weighted by atomic mass is 10.4. The maximum atomic E-state index is 5.10. The third-order valence-corrected chi connectivity index (χ3v) is 1.61. The van der Waals surface area contributed by atoms with Crippen molar-refractivity contribution in [3.8, 4) is 0 Å². The van der Waals surface area contributed by atoms with E-state index in [-0.39, 0.29) is 0 Å². The first-order valence-corrected chi connectivity index (χ1v) is 3.82. The van der Waals surface area contributed by atoms with Gasteiger partial charge in [-0.15, -0.1) is 0 Å². The summed E-state index contributed by atoms with van der Waals surface area (Å²) in [5.41, 5.74) is 4.08. The van der Waals surface area contributed by atoms with Crippen molar-refractivity contribution in [2.24, 2.45) is 12.9 Å². The van der Waals surface area contributed by atoms with E-state index in [1.807, 2.05) is 20.2 Å². The van der Waals surface area contributed by atoms with Crippen LogP contribution in [0.5, 0.6) is 0 Å². The summed E-state index contributed by atoms with van der Waals surface area (Å²) in [6.45, 7) is 1.89. The second kappa shape index (κ2) is 3.51. The molecular weight excluding hydrogens is 174 g/mol. The van der Waals surface area contributed by atoms with Gasteiger partial charge < -0.3 is 10.7 Å². The van der Waals surface area contributed by atoms with Gasteiger partial charge in [0.2, 0.25) is 0 Å². The van der Waals surface area contributed by atoms with Crippen LogP contribution in [0.3, 0.4) is 0 Å². The van der Waals surface area contributed by atoms with E-state index in [2.05, 4.69) is 15.8 Å². The fourth-order valence-electron chi connectivity index (χ4n) is 0.881. The Morgan fingerprint density at radius 3 is 2.83 bits per heavy atom. The van der Waals surface area contributed by atoms with Crippen LogP contribution in [-0.2, 0) is 7.05 Å². The van der Waals surface area contributed by atoms with Crippen molar-refractivity contribution in [2.75, 3.05) is 5.32 Å². The summed E-state index contributed by atoms with van der Waals surface area (Å²) in [7, 11) is 1.84. The molecular formula is C6H11N5S. The first kappa shape index (κ1) is 8.95. The van der Waals surface area contributed by atoms with Crippen LogP contribution in [0.25, 0.3) is 0 Å². The van der Waals surface area contributed by atoms with Crippen LogP contribution in [0.2, 0.25) is 0 Å². The van der Waals surface area contributed by atoms with Crippen molar-refractivity contribution < 1.29 is 0 Å². The van der Waals surface area contributed by atoms with E-state index in [4.69, 9.17) is 18.1 Å². The van der Waals surface area contributed by atoms with E-state index in [1.54, 1.807) is 4.68 Å². The average Bonchev–Trinajstić information content (AvgIpc) is 2.30. The molecule has 0 spiro atoms.